The van der Waals surface area contributed by atoms with Crippen LogP contribution < -0.4 is 10.6 Å². The largest absolute Gasteiger partial charge is 0.449 e. The summed E-state index contributed by atoms with van der Waals surface area (Å²) in [6.45, 7) is 6.65. The zero-order chi connectivity index (χ0) is 17.8. The molecule has 0 aliphatic carbocycles. The summed E-state index contributed by atoms with van der Waals surface area (Å²) in [6.07, 6.45) is -1.17. The Morgan fingerprint density at radius 2 is 1.78 bits per heavy atom. The van der Waals surface area contributed by atoms with Crippen molar-refractivity contribution in [2.75, 3.05) is 0 Å². The van der Waals surface area contributed by atoms with Gasteiger partial charge in [0.05, 0.1) is 10.6 Å². The third-order valence-electron chi connectivity index (χ3n) is 2.53. The first-order valence-electron chi connectivity index (χ1n) is 6.78. The van der Waals surface area contributed by atoms with E-state index in [1.54, 1.807) is 20.8 Å². The maximum absolute atomic E-state index is 12.0. The van der Waals surface area contributed by atoms with Gasteiger partial charge in [-0.05, 0) is 45.9 Å². The van der Waals surface area contributed by atoms with Gasteiger partial charge in [-0.1, -0.05) is 23.2 Å². The number of imide groups is 1. The number of esters is 1. The second-order valence-electron chi connectivity index (χ2n) is 5.87. The molecule has 0 fully saturated rings. The molecule has 0 saturated heterocycles. The first kappa shape index (κ1) is 19.3. The zero-order valence-electron chi connectivity index (χ0n) is 13.2. The van der Waals surface area contributed by atoms with E-state index in [0.29, 0.717) is 5.02 Å². The van der Waals surface area contributed by atoms with E-state index in [0.717, 1.165) is 0 Å². The maximum Gasteiger partial charge on any atom is 0.340 e. The Morgan fingerprint density at radius 3 is 2.30 bits per heavy atom. The molecule has 8 heteroatoms. The van der Waals surface area contributed by atoms with E-state index in [9.17, 15) is 14.4 Å². The summed E-state index contributed by atoms with van der Waals surface area (Å²) in [6, 6.07) is 3.59. The van der Waals surface area contributed by atoms with E-state index in [1.807, 2.05) is 0 Å². The fourth-order valence-electron chi connectivity index (χ4n) is 1.52. The molecule has 0 heterocycles. The maximum atomic E-state index is 12.0. The Balaban J connectivity index is 2.64. The minimum absolute atomic E-state index is 0.0786. The van der Waals surface area contributed by atoms with Crippen molar-refractivity contribution in [3.8, 4) is 0 Å². The van der Waals surface area contributed by atoms with Gasteiger partial charge in [0, 0.05) is 10.6 Å². The lowest BCUT2D eigenvalue weighted by molar-refractivity contribution is -0.127. The van der Waals surface area contributed by atoms with Gasteiger partial charge in [-0.2, -0.15) is 0 Å². The average Bonchev–Trinajstić information content (AvgIpc) is 2.35. The van der Waals surface area contributed by atoms with Gasteiger partial charge in [-0.3, -0.25) is 10.1 Å². The van der Waals surface area contributed by atoms with Crippen molar-refractivity contribution in [2.45, 2.75) is 39.3 Å². The van der Waals surface area contributed by atoms with Crippen molar-refractivity contribution in [3.63, 3.8) is 0 Å². The van der Waals surface area contributed by atoms with Gasteiger partial charge in [0.2, 0.25) is 0 Å². The number of amides is 3. The van der Waals surface area contributed by atoms with Gasteiger partial charge in [0.15, 0.2) is 6.10 Å². The molecule has 2 N–H and O–H groups in total. The predicted octanol–water partition coefficient (Wildman–Crippen LogP) is 3.16. The fraction of sp³-hybridized carbons (Fsp3) is 0.400. The number of ether oxygens (including phenoxy) is 1. The first-order valence-corrected chi connectivity index (χ1v) is 7.54. The van der Waals surface area contributed by atoms with Crippen LogP contribution in [0.25, 0.3) is 0 Å². The molecule has 0 bridgehead atoms. The highest BCUT2D eigenvalue weighted by Crippen LogP contribution is 2.22. The van der Waals surface area contributed by atoms with Crippen LogP contribution in [0, 0.1) is 0 Å². The smallest absolute Gasteiger partial charge is 0.340 e. The van der Waals surface area contributed by atoms with E-state index in [1.165, 1.54) is 25.1 Å². The van der Waals surface area contributed by atoms with E-state index < -0.39 is 29.6 Å². The number of benzene rings is 1. The molecule has 1 atom stereocenters. The molecule has 1 aromatic carbocycles. The van der Waals surface area contributed by atoms with E-state index in [2.05, 4.69) is 10.6 Å². The molecule has 0 aliphatic rings. The van der Waals surface area contributed by atoms with Gasteiger partial charge in [-0.15, -0.1) is 0 Å². The van der Waals surface area contributed by atoms with Crippen LogP contribution in [0.15, 0.2) is 18.2 Å². The molecule has 0 unspecified atom stereocenters. The number of hydrogen-bond donors (Lipinski definition) is 2. The Hall–Kier alpha value is -1.79. The highest BCUT2D eigenvalue weighted by molar-refractivity contribution is 6.36. The molecule has 3 amide bonds. The molecule has 0 saturated carbocycles. The van der Waals surface area contributed by atoms with Crippen molar-refractivity contribution >= 4 is 41.1 Å². The van der Waals surface area contributed by atoms with Crippen molar-refractivity contribution in [3.05, 3.63) is 33.8 Å². The number of carbonyl (C=O) groups is 3. The molecule has 1 rings (SSSR count). The zero-order valence-corrected chi connectivity index (χ0v) is 14.7. The normalized spacial score (nSPS) is 12.3. The molecule has 126 valence electrons. The summed E-state index contributed by atoms with van der Waals surface area (Å²) in [5.41, 5.74) is -0.420. The Bertz CT molecular complexity index is 626. The Morgan fingerprint density at radius 1 is 1.17 bits per heavy atom. The summed E-state index contributed by atoms with van der Waals surface area (Å²) in [7, 11) is 0. The van der Waals surface area contributed by atoms with Crippen LogP contribution in [-0.2, 0) is 9.53 Å². The second kappa shape index (κ2) is 7.66. The predicted molar refractivity (Wildman–Crippen MR) is 87.8 cm³/mol. The third-order valence-corrected chi connectivity index (χ3v) is 3.08. The van der Waals surface area contributed by atoms with Crippen molar-refractivity contribution in [2.24, 2.45) is 0 Å². The van der Waals surface area contributed by atoms with Crippen LogP contribution in [0.5, 0.6) is 0 Å². The molecule has 0 radical (unpaired) electrons. The standard InChI is InChI=1S/C15H18Cl2N2O4/c1-8(12(20)18-14(22)19-15(2,3)4)23-13(21)10-6-5-9(16)7-11(10)17/h5-8H,1-4H3,(H2,18,19,20,22)/t8-/m0/s1. The summed E-state index contributed by atoms with van der Waals surface area (Å²) in [5, 5.41) is 5.14. The lowest BCUT2D eigenvalue weighted by Crippen LogP contribution is -2.50. The highest BCUT2D eigenvalue weighted by atomic mass is 35.5. The number of hydrogen-bond acceptors (Lipinski definition) is 4. The SMILES string of the molecule is C[C@H](OC(=O)c1ccc(Cl)cc1Cl)C(=O)NC(=O)NC(C)(C)C. The summed E-state index contributed by atoms with van der Waals surface area (Å²) < 4.78 is 4.99. The van der Waals surface area contributed by atoms with Crippen LogP contribution in [0.1, 0.15) is 38.1 Å². The van der Waals surface area contributed by atoms with E-state index in [-0.39, 0.29) is 10.6 Å². The molecule has 23 heavy (non-hydrogen) atoms. The second-order valence-corrected chi connectivity index (χ2v) is 6.71. The topological polar surface area (TPSA) is 84.5 Å². The van der Waals surface area contributed by atoms with Gasteiger partial charge < -0.3 is 10.1 Å². The van der Waals surface area contributed by atoms with E-state index in [4.69, 9.17) is 27.9 Å². The molecule has 1 aromatic rings. The molecular formula is C15H18Cl2N2O4. The van der Waals surface area contributed by atoms with Crippen LogP contribution >= 0.6 is 23.2 Å². The summed E-state index contributed by atoms with van der Waals surface area (Å²) in [4.78, 5) is 35.4. The van der Waals surface area contributed by atoms with Crippen molar-refractivity contribution in [1.29, 1.82) is 0 Å². The van der Waals surface area contributed by atoms with Crippen molar-refractivity contribution < 1.29 is 19.1 Å². The monoisotopic (exact) mass is 360 g/mol. The van der Waals surface area contributed by atoms with Crippen LogP contribution in [0.4, 0.5) is 4.79 Å². The third kappa shape index (κ3) is 6.46. The Labute approximate surface area is 144 Å². The van der Waals surface area contributed by atoms with Gasteiger partial charge in [-0.25, -0.2) is 9.59 Å². The minimum atomic E-state index is -1.17. The molecule has 0 spiro atoms. The molecule has 0 aliphatic heterocycles. The molecule has 0 aromatic heterocycles. The number of halogens is 2. The average molecular weight is 361 g/mol. The molecule has 6 nitrogen and oxygen atoms in total. The van der Waals surface area contributed by atoms with Crippen LogP contribution in [0.3, 0.4) is 0 Å². The van der Waals surface area contributed by atoms with Crippen LogP contribution in [0.2, 0.25) is 10.0 Å². The van der Waals surface area contributed by atoms with Gasteiger partial charge >= 0.3 is 12.0 Å². The quantitative estimate of drug-likeness (QED) is 0.810. The number of nitrogens with one attached hydrogen (secondary N) is 2. The lowest BCUT2D eigenvalue weighted by atomic mass is 10.1. The number of urea groups is 1. The van der Waals surface area contributed by atoms with Crippen LogP contribution in [-0.4, -0.2) is 29.6 Å². The van der Waals surface area contributed by atoms with E-state index >= 15 is 0 Å². The summed E-state index contributed by atoms with van der Waals surface area (Å²) in [5.74, 6) is -1.53. The first-order chi connectivity index (χ1) is 10.5. The summed E-state index contributed by atoms with van der Waals surface area (Å²) >= 11 is 11.6. The fourth-order valence-corrected chi connectivity index (χ4v) is 2.00. The van der Waals surface area contributed by atoms with Crippen molar-refractivity contribution in [1.82, 2.24) is 10.6 Å². The van der Waals surface area contributed by atoms with Gasteiger partial charge in [0.25, 0.3) is 5.91 Å². The molecular weight excluding hydrogens is 343 g/mol. The number of carbonyl (C=O) groups excluding carboxylic acids is 3. The lowest BCUT2D eigenvalue weighted by Gasteiger charge is -2.21. The minimum Gasteiger partial charge on any atom is -0.449 e. The highest BCUT2D eigenvalue weighted by Gasteiger charge is 2.23. The number of rotatable bonds is 3. The van der Waals surface area contributed by atoms with Gasteiger partial charge in [0.1, 0.15) is 0 Å². The Kier molecular flexibility index (Phi) is 6.41.